The monoisotopic (exact) mass is 328 g/mol. The van der Waals surface area contributed by atoms with Crippen LogP contribution < -0.4 is 5.32 Å². The molecule has 1 heterocycles. The lowest BCUT2D eigenvalue weighted by Crippen LogP contribution is -2.14. The molecule has 2 rings (SSSR count). The Morgan fingerprint density at radius 1 is 1.50 bits per heavy atom. The molecule has 16 heavy (non-hydrogen) atoms. The van der Waals surface area contributed by atoms with Gasteiger partial charge in [0.15, 0.2) is 0 Å². The van der Waals surface area contributed by atoms with Gasteiger partial charge in [-0.15, -0.1) is 0 Å². The third-order valence-electron chi connectivity index (χ3n) is 2.01. The summed E-state index contributed by atoms with van der Waals surface area (Å²) >= 11 is 2.13. The molecule has 0 spiro atoms. The van der Waals surface area contributed by atoms with E-state index in [0.717, 1.165) is 9.13 Å². The number of aromatic amines is 1. The summed E-state index contributed by atoms with van der Waals surface area (Å²) in [6.45, 7) is 1.95. The van der Waals surface area contributed by atoms with Gasteiger partial charge in [0.25, 0.3) is 5.91 Å². The molecule has 0 aliphatic rings. The molecule has 0 radical (unpaired) electrons. The predicted molar refractivity (Wildman–Crippen MR) is 68.2 cm³/mol. The number of aromatic nitrogens is 3. The highest BCUT2D eigenvalue weighted by atomic mass is 127. The van der Waals surface area contributed by atoms with Gasteiger partial charge in [0.2, 0.25) is 5.95 Å². The van der Waals surface area contributed by atoms with Crippen molar-refractivity contribution in [2.24, 2.45) is 0 Å². The summed E-state index contributed by atoms with van der Waals surface area (Å²) in [5, 5.41) is 8.87. The van der Waals surface area contributed by atoms with E-state index in [1.165, 1.54) is 6.33 Å². The zero-order valence-corrected chi connectivity index (χ0v) is 10.6. The van der Waals surface area contributed by atoms with Crippen LogP contribution in [0.2, 0.25) is 0 Å². The maximum absolute atomic E-state index is 11.9. The second-order valence-corrected chi connectivity index (χ2v) is 4.43. The maximum atomic E-state index is 11.9. The van der Waals surface area contributed by atoms with Crippen LogP contribution in [0, 0.1) is 10.5 Å². The molecule has 0 atom stereocenters. The second-order valence-electron chi connectivity index (χ2n) is 3.27. The molecular formula is C10H9IN4O. The van der Waals surface area contributed by atoms with Crippen molar-refractivity contribution in [3.8, 4) is 0 Å². The molecule has 82 valence electrons. The lowest BCUT2D eigenvalue weighted by atomic mass is 10.1. The van der Waals surface area contributed by atoms with Crippen LogP contribution in [0.3, 0.4) is 0 Å². The topological polar surface area (TPSA) is 70.7 Å². The highest BCUT2D eigenvalue weighted by Crippen LogP contribution is 2.15. The molecule has 0 aliphatic carbocycles. The molecular weight excluding hydrogens is 319 g/mol. The van der Waals surface area contributed by atoms with Crippen molar-refractivity contribution < 1.29 is 4.79 Å². The first-order valence-corrected chi connectivity index (χ1v) is 5.67. The van der Waals surface area contributed by atoms with E-state index < -0.39 is 0 Å². The van der Waals surface area contributed by atoms with Crippen molar-refractivity contribution in [3.63, 3.8) is 0 Å². The average Bonchev–Trinajstić information content (AvgIpc) is 2.74. The van der Waals surface area contributed by atoms with Gasteiger partial charge in [-0.1, -0.05) is 11.6 Å². The number of carbonyl (C=O) groups excluding carboxylic acids is 1. The fourth-order valence-corrected chi connectivity index (χ4v) is 1.83. The number of benzene rings is 1. The van der Waals surface area contributed by atoms with Crippen molar-refractivity contribution in [3.05, 3.63) is 39.2 Å². The summed E-state index contributed by atoms with van der Waals surface area (Å²) in [4.78, 5) is 15.7. The SMILES string of the molecule is Cc1ccc(I)c(C(=O)Nc2ncn[nH]2)c1. The number of carbonyl (C=O) groups is 1. The Morgan fingerprint density at radius 2 is 2.31 bits per heavy atom. The second kappa shape index (κ2) is 4.60. The van der Waals surface area contributed by atoms with Crippen LogP contribution in [-0.2, 0) is 0 Å². The zero-order chi connectivity index (χ0) is 11.5. The standard InChI is InChI=1S/C10H9IN4O/c1-6-2-3-8(11)7(4-6)9(16)14-10-12-5-13-15-10/h2-5H,1H3,(H2,12,13,14,15,16). The largest absolute Gasteiger partial charge is 0.291 e. The fourth-order valence-electron chi connectivity index (χ4n) is 1.25. The van der Waals surface area contributed by atoms with Gasteiger partial charge in [-0.05, 0) is 41.6 Å². The average molecular weight is 328 g/mol. The number of rotatable bonds is 2. The van der Waals surface area contributed by atoms with E-state index in [1.807, 2.05) is 25.1 Å². The third kappa shape index (κ3) is 2.38. The van der Waals surface area contributed by atoms with E-state index in [9.17, 15) is 4.79 Å². The Hall–Kier alpha value is -1.44. The lowest BCUT2D eigenvalue weighted by Gasteiger charge is -2.05. The van der Waals surface area contributed by atoms with Crippen molar-refractivity contribution in [1.29, 1.82) is 0 Å². The Kier molecular flexibility index (Phi) is 3.18. The normalized spacial score (nSPS) is 10.1. The molecule has 0 bridgehead atoms. The number of nitrogens with zero attached hydrogens (tertiary/aromatic N) is 2. The van der Waals surface area contributed by atoms with Gasteiger partial charge in [0.05, 0.1) is 5.56 Å². The Bertz CT molecular complexity index is 510. The number of hydrogen-bond acceptors (Lipinski definition) is 3. The molecule has 2 aromatic rings. The zero-order valence-electron chi connectivity index (χ0n) is 8.49. The van der Waals surface area contributed by atoms with Crippen molar-refractivity contribution in [2.45, 2.75) is 6.92 Å². The summed E-state index contributed by atoms with van der Waals surface area (Å²) < 4.78 is 0.903. The van der Waals surface area contributed by atoms with Crippen LogP contribution in [0.15, 0.2) is 24.5 Å². The highest BCUT2D eigenvalue weighted by Gasteiger charge is 2.11. The molecule has 0 aliphatic heterocycles. The first-order valence-electron chi connectivity index (χ1n) is 4.59. The van der Waals surface area contributed by atoms with Gasteiger partial charge in [0, 0.05) is 3.57 Å². The predicted octanol–water partition coefficient (Wildman–Crippen LogP) is 1.97. The van der Waals surface area contributed by atoms with E-state index in [2.05, 4.69) is 43.1 Å². The van der Waals surface area contributed by atoms with E-state index >= 15 is 0 Å². The lowest BCUT2D eigenvalue weighted by molar-refractivity contribution is 0.102. The Morgan fingerprint density at radius 3 is 3.00 bits per heavy atom. The van der Waals surface area contributed by atoms with Crippen LogP contribution in [-0.4, -0.2) is 21.1 Å². The number of H-pyrrole nitrogens is 1. The molecule has 0 unspecified atom stereocenters. The van der Waals surface area contributed by atoms with Gasteiger partial charge in [-0.25, -0.2) is 5.10 Å². The summed E-state index contributed by atoms with van der Waals surface area (Å²) in [6.07, 6.45) is 1.34. The minimum Gasteiger partial charge on any atom is -0.291 e. The molecule has 1 aromatic carbocycles. The van der Waals surface area contributed by atoms with E-state index in [4.69, 9.17) is 0 Å². The van der Waals surface area contributed by atoms with Gasteiger partial charge >= 0.3 is 0 Å². The first kappa shape index (κ1) is 11.1. The molecule has 5 nitrogen and oxygen atoms in total. The summed E-state index contributed by atoms with van der Waals surface area (Å²) in [5.41, 5.74) is 1.68. The molecule has 0 saturated heterocycles. The van der Waals surface area contributed by atoms with Gasteiger partial charge in [-0.2, -0.15) is 10.1 Å². The summed E-state index contributed by atoms with van der Waals surface area (Å²) in [7, 11) is 0. The van der Waals surface area contributed by atoms with Crippen LogP contribution in [0.5, 0.6) is 0 Å². The number of nitrogens with one attached hydrogen (secondary N) is 2. The number of amides is 1. The third-order valence-corrected chi connectivity index (χ3v) is 2.95. The summed E-state index contributed by atoms with van der Waals surface area (Å²) in [5.74, 6) is 0.159. The van der Waals surface area contributed by atoms with Gasteiger partial charge in [0.1, 0.15) is 6.33 Å². The van der Waals surface area contributed by atoms with Gasteiger partial charge in [-0.3, -0.25) is 10.1 Å². The number of halogens is 1. The van der Waals surface area contributed by atoms with Crippen molar-refractivity contribution >= 4 is 34.4 Å². The molecule has 1 amide bonds. The van der Waals surface area contributed by atoms with Crippen molar-refractivity contribution in [1.82, 2.24) is 15.2 Å². The number of aryl methyl sites for hydroxylation is 1. The van der Waals surface area contributed by atoms with Gasteiger partial charge < -0.3 is 0 Å². The maximum Gasteiger partial charge on any atom is 0.259 e. The Labute approximate surface area is 106 Å². The smallest absolute Gasteiger partial charge is 0.259 e. The van der Waals surface area contributed by atoms with Crippen LogP contribution >= 0.6 is 22.6 Å². The van der Waals surface area contributed by atoms with Crippen LogP contribution in [0.1, 0.15) is 15.9 Å². The van der Waals surface area contributed by atoms with E-state index in [0.29, 0.717) is 11.5 Å². The quantitative estimate of drug-likeness (QED) is 0.828. The molecule has 0 saturated carbocycles. The number of anilines is 1. The van der Waals surface area contributed by atoms with Crippen LogP contribution in [0.25, 0.3) is 0 Å². The highest BCUT2D eigenvalue weighted by molar-refractivity contribution is 14.1. The fraction of sp³-hybridized carbons (Fsp3) is 0.100. The van der Waals surface area contributed by atoms with E-state index in [-0.39, 0.29) is 5.91 Å². The first-order chi connectivity index (χ1) is 7.66. The Balaban J connectivity index is 2.24. The number of hydrogen-bond donors (Lipinski definition) is 2. The van der Waals surface area contributed by atoms with Crippen molar-refractivity contribution in [2.75, 3.05) is 5.32 Å². The van der Waals surface area contributed by atoms with E-state index in [1.54, 1.807) is 0 Å². The minimum absolute atomic E-state index is 0.190. The molecule has 2 N–H and O–H groups in total. The molecule has 1 aromatic heterocycles. The molecule has 0 fully saturated rings. The van der Waals surface area contributed by atoms with Crippen LogP contribution in [0.4, 0.5) is 5.95 Å². The molecule has 6 heteroatoms. The summed E-state index contributed by atoms with van der Waals surface area (Å²) in [6, 6.07) is 5.71. The minimum atomic E-state index is -0.190.